The fourth-order valence-corrected chi connectivity index (χ4v) is 1.67. The molecule has 0 aliphatic rings. The van der Waals surface area contributed by atoms with Gasteiger partial charge in [0.05, 0.1) is 24.9 Å². The summed E-state index contributed by atoms with van der Waals surface area (Å²) in [5.41, 5.74) is 0.869. The van der Waals surface area contributed by atoms with E-state index in [0.717, 1.165) is 10.9 Å². The Balaban J connectivity index is 1.73. The lowest BCUT2D eigenvalue weighted by Crippen LogP contribution is -2.18. The molecule has 0 saturated heterocycles. The van der Waals surface area contributed by atoms with Gasteiger partial charge in [-0.25, -0.2) is 0 Å². The average molecular weight is 285 g/mol. The maximum atomic E-state index is 11.8. The van der Waals surface area contributed by atoms with Gasteiger partial charge in [-0.3, -0.25) is 4.98 Å². The molecule has 2 rings (SSSR count). The molecule has 1 aromatic heterocycles. The molecule has 0 radical (unpaired) electrons. The van der Waals surface area contributed by atoms with E-state index in [9.17, 15) is 13.2 Å². The van der Waals surface area contributed by atoms with E-state index >= 15 is 0 Å². The SMILES string of the molecule is FC(F)(F)COCCCOc1cnc2ccccc2c1. The number of nitrogens with zero attached hydrogens (tertiary/aromatic N) is 1. The number of para-hydroxylation sites is 1. The Morgan fingerprint density at radius 1 is 1.10 bits per heavy atom. The van der Waals surface area contributed by atoms with E-state index in [2.05, 4.69) is 9.72 Å². The number of hydrogen-bond donors (Lipinski definition) is 0. The standard InChI is InChI=1S/C14H14F3NO2/c15-14(16,17)10-19-6-3-7-20-12-8-11-4-1-2-5-13(11)18-9-12/h1-2,4-5,8-9H,3,6-7,10H2. The largest absolute Gasteiger partial charge is 0.492 e. The number of hydrogen-bond acceptors (Lipinski definition) is 3. The molecule has 2 aromatic rings. The van der Waals surface area contributed by atoms with Crippen LogP contribution in [0.1, 0.15) is 6.42 Å². The molecular formula is C14H14F3NO2. The third kappa shape index (κ3) is 4.70. The van der Waals surface area contributed by atoms with E-state index in [1.54, 1.807) is 6.20 Å². The summed E-state index contributed by atoms with van der Waals surface area (Å²) in [5, 5.41) is 0.957. The van der Waals surface area contributed by atoms with Crippen LogP contribution in [-0.2, 0) is 4.74 Å². The topological polar surface area (TPSA) is 31.4 Å². The normalized spacial score (nSPS) is 11.8. The van der Waals surface area contributed by atoms with E-state index in [1.807, 2.05) is 30.3 Å². The monoisotopic (exact) mass is 285 g/mol. The van der Waals surface area contributed by atoms with Gasteiger partial charge in [-0.15, -0.1) is 0 Å². The Labute approximate surface area is 114 Å². The van der Waals surface area contributed by atoms with Gasteiger partial charge in [0.1, 0.15) is 12.4 Å². The molecular weight excluding hydrogens is 271 g/mol. The van der Waals surface area contributed by atoms with Crippen LogP contribution in [0, 0.1) is 0 Å². The minimum atomic E-state index is -4.27. The van der Waals surface area contributed by atoms with Gasteiger partial charge in [0.2, 0.25) is 0 Å². The van der Waals surface area contributed by atoms with Crippen LogP contribution in [0.3, 0.4) is 0 Å². The van der Waals surface area contributed by atoms with Gasteiger partial charge in [0, 0.05) is 11.8 Å². The van der Waals surface area contributed by atoms with Crippen molar-refractivity contribution in [1.82, 2.24) is 4.98 Å². The minimum absolute atomic E-state index is 0.0144. The summed E-state index contributed by atoms with van der Waals surface area (Å²) in [4.78, 5) is 4.22. The molecule has 1 heterocycles. The molecule has 20 heavy (non-hydrogen) atoms. The van der Waals surface area contributed by atoms with Gasteiger partial charge in [0.25, 0.3) is 0 Å². The number of aromatic nitrogens is 1. The number of fused-ring (bicyclic) bond motifs is 1. The van der Waals surface area contributed by atoms with Crippen molar-refractivity contribution in [2.24, 2.45) is 0 Å². The first-order valence-electron chi connectivity index (χ1n) is 6.17. The number of halogens is 3. The van der Waals surface area contributed by atoms with E-state index < -0.39 is 12.8 Å². The van der Waals surface area contributed by atoms with E-state index in [0.29, 0.717) is 12.2 Å². The molecule has 0 spiro atoms. The third-order valence-corrected chi connectivity index (χ3v) is 2.53. The second kappa shape index (κ2) is 6.56. The predicted molar refractivity (Wildman–Crippen MR) is 68.7 cm³/mol. The number of alkyl halides is 3. The van der Waals surface area contributed by atoms with E-state index in [-0.39, 0.29) is 13.2 Å². The molecule has 0 unspecified atom stereocenters. The summed E-state index contributed by atoms with van der Waals surface area (Å²) in [5.74, 6) is 0.597. The van der Waals surface area contributed by atoms with Crippen LogP contribution in [-0.4, -0.2) is 31.0 Å². The van der Waals surface area contributed by atoms with Crippen molar-refractivity contribution in [3.63, 3.8) is 0 Å². The molecule has 0 aliphatic heterocycles. The Morgan fingerprint density at radius 3 is 2.70 bits per heavy atom. The third-order valence-electron chi connectivity index (χ3n) is 2.53. The zero-order valence-electron chi connectivity index (χ0n) is 10.7. The minimum Gasteiger partial charge on any atom is -0.492 e. The van der Waals surface area contributed by atoms with Gasteiger partial charge in [-0.05, 0) is 12.1 Å². The second-order valence-electron chi connectivity index (χ2n) is 4.23. The number of pyridine rings is 1. The summed E-state index contributed by atoms with van der Waals surface area (Å²) in [6.07, 6.45) is -2.29. The van der Waals surface area contributed by atoms with Crippen molar-refractivity contribution in [3.05, 3.63) is 36.5 Å². The smallest absolute Gasteiger partial charge is 0.411 e. The predicted octanol–water partition coefficient (Wildman–Crippen LogP) is 3.58. The van der Waals surface area contributed by atoms with Crippen LogP contribution < -0.4 is 4.74 Å². The summed E-state index contributed by atoms with van der Waals surface area (Å²) in [6, 6.07) is 9.46. The molecule has 0 saturated carbocycles. The second-order valence-corrected chi connectivity index (χ2v) is 4.23. The Bertz CT molecular complexity index is 557. The van der Waals surface area contributed by atoms with Crippen molar-refractivity contribution in [2.75, 3.05) is 19.8 Å². The highest BCUT2D eigenvalue weighted by molar-refractivity contribution is 5.79. The van der Waals surface area contributed by atoms with Gasteiger partial charge in [-0.1, -0.05) is 18.2 Å². The average Bonchev–Trinajstić information content (AvgIpc) is 2.41. The van der Waals surface area contributed by atoms with Crippen molar-refractivity contribution in [1.29, 1.82) is 0 Å². The van der Waals surface area contributed by atoms with Crippen molar-refractivity contribution < 1.29 is 22.6 Å². The van der Waals surface area contributed by atoms with Crippen LogP contribution in [0.15, 0.2) is 36.5 Å². The zero-order chi connectivity index (χ0) is 14.4. The zero-order valence-corrected chi connectivity index (χ0v) is 10.7. The maximum Gasteiger partial charge on any atom is 0.411 e. The van der Waals surface area contributed by atoms with Crippen molar-refractivity contribution in [3.8, 4) is 5.75 Å². The van der Waals surface area contributed by atoms with Gasteiger partial charge < -0.3 is 9.47 Å². The molecule has 1 aromatic carbocycles. The summed E-state index contributed by atoms with van der Waals surface area (Å²) < 4.78 is 45.3. The maximum absolute atomic E-state index is 11.8. The fourth-order valence-electron chi connectivity index (χ4n) is 1.67. The molecule has 6 heteroatoms. The van der Waals surface area contributed by atoms with Gasteiger partial charge in [-0.2, -0.15) is 13.2 Å². The van der Waals surface area contributed by atoms with Crippen LogP contribution >= 0.6 is 0 Å². The summed E-state index contributed by atoms with van der Waals surface area (Å²) in [6.45, 7) is -0.914. The van der Waals surface area contributed by atoms with E-state index in [4.69, 9.17) is 4.74 Å². The van der Waals surface area contributed by atoms with Crippen LogP contribution in [0.4, 0.5) is 13.2 Å². The first-order chi connectivity index (χ1) is 9.54. The first-order valence-corrected chi connectivity index (χ1v) is 6.17. The molecule has 108 valence electrons. The molecule has 0 bridgehead atoms. The lowest BCUT2D eigenvalue weighted by molar-refractivity contribution is -0.174. The quantitative estimate of drug-likeness (QED) is 0.760. The van der Waals surface area contributed by atoms with Gasteiger partial charge in [0.15, 0.2) is 0 Å². The highest BCUT2D eigenvalue weighted by atomic mass is 19.4. The van der Waals surface area contributed by atoms with Crippen LogP contribution in [0.25, 0.3) is 10.9 Å². The number of benzene rings is 1. The molecule has 0 amide bonds. The van der Waals surface area contributed by atoms with E-state index in [1.165, 1.54) is 0 Å². The Morgan fingerprint density at radius 2 is 1.90 bits per heavy atom. The molecule has 0 atom stereocenters. The molecule has 3 nitrogen and oxygen atoms in total. The van der Waals surface area contributed by atoms with Crippen LogP contribution in [0.5, 0.6) is 5.75 Å². The lowest BCUT2D eigenvalue weighted by atomic mass is 10.2. The number of rotatable bonds is 6. The Kier molecular flexibility index (Phi) is 4.79. The fraction of sp³-hybridized carbons (Fsp3) is 0.357. The Hall–Kier alpha value is -1.82. The van der Waals surface area contributed by atoms with Crippen molar-refractivity contribution >= 4 is 10.9 Å². The number of ether oxygens (including phenoxy) is 2. The van der Waals surface area contributed by atoms with Gasteiger partial charge >= 0.3 is 6.18 Å². The molecule has 0 N–H and O–H groups in total. The van der Waals surface area contributed by atoms with Crippen LogP contribution in [0.2, 0.25) is 0 Å². The highest BCUT2D eigenvalue weighted by Crippen LogP contribution is 2.18. The summed E-state index contributed by atoms with van der Waals surface area (Å²) >= 11 is 0. The first kappa shape index (κ1) is 14.6. The summed E-state index contributed by atoms with van der Waals surface area (Å²) in [7, 11) is 0. The molecule has 0 fully saturated rings. The van der Waals surface area contributed by atoms with Crippen molar-refractivity contribution in [2.45, 2.75) is 12.6 Å². The molecule has 0 aliphatic carbocycles. The highest BCUT2D eigenvalue weighted by Gasteiger charge is 2.27. The lowest BCUT2D eigenvalue weighted by Gasteiger charge is -2.09.